The molecule has 0 aliphatic carbocycles. The van der Waals surface area contributed by atoms with Crippen molar-refractivity contribution in [3.8, 4) is 0 Å². The predicted octanol–water partition coefficient (Wildman–Crippen LogP) is 3.25. The van der Waals surface area contributed by atoms with Gasteiger partial charge in [-0.1, -0.05) is 11.6 Å². The number of hydrogen-bond donors (Lipinski definition) is 1. The van der Waals surface area contributed by atoms with Crippen LogP contribution >= 0.6 is 27.5 Å². The summed E-state index contributed by atoms with van der Waals surface area (Å²) >= 11 is 8.68. The van der Waals surface area contributed by atoms with Gasteiger partial charge in [0.05, 0.1) is 4.92 Å². The molecule has 0 fully saturated rings. The molecule has 0 saturated carbocycles. The van der Waals surface area contributed by atoms with Crippen molar-refractivity contribution >= 4 is 44.9 Å². The number of nitro groups is 1. The number of amides is 1. The number of pyridine rings is 1. The quantitative estimate of drug-likeness (QED) is 0.522. The van der Waals surface area contributed by atoms with E-state index in [2.05, 4.69) is 26.2 Å². The molecule has 0 aliphatic heterocycles. The Morgan fingerprint density at radius 3 is 2.74 bits per heavy atom. The number of nitrogens with one attached hydrogen (secondary N) is 1. The number of furan rings is 1. The van der Waals surface area contributed by atoms with E-state index in [1.807, 2.05) is 0 Å². The van der Waals surface area contributed by atoms with Crippen molar-refractivity contribution in [2.75, 3.05) is 5.32 Å². The standard InChI is InChI=1S/C10H5BrClN3O4/c11-7-3-2-6(19-7)10(16)14-9-5(15(17)18)1-4-8(12)13-9/h1-4H,(H,13,14,16). The Balaban J connectivity index is 2.30. The van der Waals surface area contributed by atoms with E-state index in [1.165, 1.54) is 18.2 Å². The molecule has 0 unspecified atom stereocenters. The fourth-order valence-corrected chi connectivity index (χ4v) is 1.73. The molecule has 2 rings (SSSR count). The second-order valence-electron chi connectivity index (χ2n) is 3.32. The summed E-state index contributed by atoms with van der Waals surface area (Å²) in [5.41, 5.74) is -0.358. The summed E-state index contributed by atoms with van der Waals surface area (Å²) in [5, 5.41) is 13.1. The Kier molecular flexibility index (Phi) is 3.82. The first-order chi connectivity index (χ1) is 8.97. The average Bonchev–Trinajstić information content (AvgIpc) is 2.75. The smallest absolute Gasteiger partial charge is 0.311 e. The second-order valence-corrected chi connectivity index (χ2v) is 4.49. The van der Waals surface area contributed by atoms with Crippen LogP contribution in [0.1, 0.15) is 10.6 Å². The Labute approximate surface area is 119 Å². The van der Waals surface area contributed by atoms with Crippen LogP contribution in [0.2, 0.25) is 5.15 Å². The molecule has 0 saturated heterocycles. The van der Waals surface area contributed by atoms with E-state index in [1.54, 1.807) is 0 Å². The summed E-state index contributed by atoms with van der Waals surface area (Å²) in [7, 11) is 0. The predicted molar refractivity (Wildman–Crippen MR) is 70.3 cm³/mol. The number of carbonyl (C=O) groups excluding carboxylic acids is 1. The lowest BCUT2D eigenvalue weighted by atomic mass is 10.3. The summed E-state index contributed by atoms with van der Waals surface area (Å²) in [5.74, 6) is -0.915. The molecule has 0 spiro atoms. The molecule has 2 aromatic heterocycles. The first kappa shape index (κ1) is 13.5. The molecule has 9 heteroatoms. The van der Waals surface area contributed by atoms with Crippen molar-refractivity contribution in [2.45, 2.75) is 0 Å². The van der Waals surface area contributed by atoms with Gasteiger partial charge in [-0.15, -0.1) is 0 Å². The molecule has 2 heterocycles. The highest BCUT2D eigenvalue weighted by molar-refractivity contribution is 9.10. The Hall–Kier alpha value is -1.93. The van der Waals surface area contributed by atoms with Gasteiger partial charge < -0.3 is 4.42 Å². The summed E-state index contributed by atoms with van der Waals surface area (Å²) < 4.78 is 5.39. The van der Waals surface area contributed by atoms with Gasteiger partial charge in [-0.25, -0.2) is 4.98 Å². The van der Waals surface area contributed by atoms with Crippen LogP contribution in [-0.4, -0.2) is 15.8 Å². The second kappa shape index (κ2) is 5.37. The molecular formula is C10H5BrClN3O4. The monoisotopic (exact) mass is 345 g/mol. The Morgan fingerprint density at radius 1 is 1.42 bits per heavy atom. The normalized spacial score (nSPS) is 10.2. The van der Waals surface area contributed by atoms with Gasteiger partial charge in [-0.2, -0.15) is 0 Å². The maximum Gasteiger partial charge on any atom is 0.311 e. The van der Waals surface area contributed by atoms with Crippen LogP contribution in [0, 0.1) is 10.1 Å². The molecule has 0 radical (unpaired) electrons. The van der Waals surface area contributed by atoms with Crippen molar-refractivity contribution < 1.29 is 14.1 Å². The van der Waals surface area contributed by atoms with E-state index < -0.39 is 10.8 Å². The molecule has 7 nitrogen and oxygen atoms in total. The minimum absolute atomic E-state index is 0.0112. The number of anilines is 1. The fourth-order valence-electron chi connectivity index (χ4n) is 1.27. The molecule has 0 atom stereocenters. The van der Waals surface area contributed by atoms with Crippen LogP contribution in [-0.2, 0) is 0 Å². The van der Waals surface area contributed by atoms with Crippen molar-refractivity contribution in [1.29, 1.82) is 0 Å². The topological polar surface area (TPSA) is 98.3 Å². The van der Waals surface area contributed by atoms with E-state index in [9.17, 15) is 14.9 Å². The zero-order valence-electron chi connectivity index (χ0n) is 9.09. The first-order valence-corrected chi connectivity index (χ1v) is 6.02. The van der Waals surface area contributed by atoms with Gasteiger partial charge in [0, 0.05) is 6.07 Å². The third kappa shape index (κ3) is 3.09. The number of rotatable bonds is 3. The Morgan fingerprint density at radius 2 is 2.16 bits per heavy atom. The van der Waals surface area contributed by atoms with Crippen LogP contribution in [0.5, 0.6) is 0 Å². The molecular weight excluding hydrogens is 341 g/mol. The molecule has 0 aromatic carbocycles. The minimum Gasteiger partial charge on any atom is -0.444 e. The molecule has 2 aromatic rings. The number of hydrogen-bond acceptors (Lipinski definition) is 5. The van der Waals surface area contributed by atoms with Gasteiger partial charge in [0.2, 0.25) is 5.82 Å². The van der Waals surface area contributed by atoms with Crippen LogP contribution < -0.4 is 5.32 Å². The number of aromatic nitrogens is 1. The van der Waals surface area contributed by atoms with Crippen LogP contribution in [0.25, 0.3) is 0 Å². The average molecular weight is 347 g/mol. The number of nitrogens with zero attached hydrogens (tertiary/aromatic N) is 2. The van der Waals surface area contributed by atoms with Gasteiger partial charge in [-0.05, 0) is 34.1 Å². The molecule has 98 valence electrons. The summed E-state index contributed by atoms with van der Waals surface area (Å²) in [6.07, 6.45) is 0. The number of carbonyl (C=O) groups is 1. The zero-order chi connectivity index (χ0) is 14.0. The third-order valence-corrected chi connectivity index (χ3v) is 2.70. The Bertz CT molecular complexity index is 658. The van der Waals surface area contributed by atoms with E-state index in [0.29, 0.717) is 4.67 Å². The van der Waals surface area contributed by atoms with Crippen LogP contribution in [0.15, 0.2) is 33.4 Å². The van der Waals surface area contributed by atoms with Gasteiger partial charge in [0.1, 0.15) is 5.15 Å². The molecule has 0 aliphatic rings. The summed E-state index contributed by atoms with van der Waals surface area (Å²) in [6.45, 7) is 0. The SMILES string of the molecule is O=C(Nc1nc(Cl)ccc1[N+](=O)[O-])c1ccc(Br)o1. The highest BCUT2D eigenvalue weighted by atomic mass is 79.9. The van der Waals surface area contributed by atoms with E-state index in [0.717, 1.165) is 6.07 Å². The minimum atomic E-state index is -0.670. The maximum absolute atomic E-state index is 11.8. The van der Waals surface area contributed by atoms with Crippen molar-refractivity contribution in [3.05, 3.63) is 50.0 Å². The lowest BCUT2D eigenvalue weighted by molar-refractivity contribution is -0.384. The number of halogens is 2. The fraction of sp³-hybridized carbons (Fsp3) is 0. The highest BCUT2D eigenvalue weighted by Crippen LogP contribution is 2.25. The van der Waals surface area contributed by atoms with Gasteiger partial charge in [-0.3, -0.25) is 20.2 Å². The molecule has 1 N–H and O–H groups in total. The first-order valence-electron chi connectivity index (χ1n) is 4.85. The molecule has 0 bridgehead atoms. The van der Waals surface area contributed by atoms with E-state index in [4.69, 9.17) is 16.0 Å². The lowest BCUT2D eigenvalue weighted by Gasteiger charge is -2.03. The van der Waals surface area contributed by atoms with Crippen molar-refractivity contribution in [1.82, 2.24) is 4.98 Å². The highest BCUT2D eigenvalue weighted by Gasteiger charge is 2.20. The lowest BCUT2D eigenvalue weighted by Crippen LogP contribution is -2.13. The van der Waals surface area contributed by atoms with E-state index >= 15 is 0 Å². The van der Waals surface area contributed by atoms with Gasteiger partial charge >= 0.3 is 5.69 Å². The van der Waals surface area contributed by atoms with Crippen LogP contribution in [0.4, 0.5) is 11.5 Å². The van der Waals surface area contributed by atoms with Crippen molar-refractivity contribution in [2.24, 2.45) is 0 Å². The van der Waals surface area contributed by atoms with Crippen LogP contribution in [0.3, 0.4) is 0 Å². The zero-order valence-corrected chi connectivity index (χ0v) is 11.4. The van der Waals surface area contributed by atoms with Gasteiger partial charge in [0.25, 0.3) is 5.91 Å². The summed E-state index contributed by atoms with van der Waals surface area (Å²) in [6, 6.07) is 5.35. The summed E-state index contributed by atoms with van der Waals surface area (Å²) in [4.78, 5) is 25.6. The molecule has 19 heavy (non-hydrogen) atoms. The van der Waals surface area contributed by atoms with E-state index in [-0.39, 0.29) is 22.4 Å². The largest absolute Gasteiger partial charge is 0.444 e. The molecule has 1 amide bonds. The van der Waals surface area contributed by atoms with Crippen molar-refractivity contribution in [3.63, 3.8) is 0 Å². The van der Waals surface area contributed by atoms with Gasteiger partial charge in [0.15, 0.2) is 10.4 Å². The third-order valence-electron chi connectivity index (χ3n) is 2.07. The maximum atomic E-state index is 11.8.